The zero-order valence-corrected chi connectivity index (χ0v) is 9.62. The summed E-state index contributed by atoms with van der Waals surface area (Å²) in [7, 11) is 0. The van der Waals surface area contributed by atoms with Gasteiger partial charge in [-0.2, -0.15) is 5.26 Å². The van der Waals surface area contributed by atoms with E-state index in [2.05, 4.69) is 9.97 Å². The predicted octanol–water partition coefficient (Wildman–Crippen LogP) is 2.78. The molecule has 0 saturated heterocycles. The number of thioether (sulfide) groups is 1. The van der Waals surface area contributed by atoms with Crippen molar-refractivity contribution >= 4 is 11.8 Å². The van der Waals surface area contributed by atoms with Crippen LogP contribution in [0.1, 0.15) is 11.1 Å². The molecule has 2 aromatic rings. The second-order valence-corrected chi connectivity index (χ2v) is 4.25. The standard InChI is InChI=1S/C12H8FN3S/c13-11-5-9(6-14)1-2-10(11)8-17-12-7-15-3-4-16-12/h1-5,7H,8H2. The minimum atomic E-state index is -0.361. The maximum absolute atomic E-state index is 13.5. The summed E-state index contributed by atoms with van der Waals surface area (Å²) in [5.74, 6) is 0.108. The lowest BCUT2D eigenvalue weighted by Crippen LogP contribution is -1.90. The van der Waals surface area contributed by atoms with Crippen molar-refractivity contribution in [1.82, 2.24) is 9.97 Å². The molecule has 84 valence electrons. The average molecular weight is 245 g/mol. The minimum absolute atomic E-state index is 0.329. The van der Waals surface area contributed by atoms with Gasteiger partial charge in [-0.3, -0.25) is 4.98 Å². The molecule has 0 aliphatic heterocycles. The number of hydrogen-bond donors (Lipinski definition) is 0. The van der Waals surface area contributed by atoms with E-state index in [1.165, 1.54) is 17.8 Å². The van der Waals surface area contributed by atoms with Gasteiger partial charge in [-0.1, -0.05) is 17.8 Å². The van der Waals surface area contributed by atoms with Crippen LogP contribution in [-0.2, 0) is 5.75 Å². The molecular weight excluding hydrogens is 237 g/mol. The molecule has 1 aromatic carbocycles. The molecule has 5 heteroatoms. The fourth-order valence-corrected chi connectivity index (χ4v) is 2.05. The molecule has 0 atom stereocenters. The van der Waals surface area contributed by atoms with Gasteiger partial charge in [0.1, 0.15) is 10.8 Å². The Labute approximate surface area is 102 Å². The predicted molar refractivity (Wildman–Crippen MR) is 62.7 cm³/mol. The Morgan fingerprint density at radius 2 is 2.24 bits per heavy atom. The highest BCUT2D eigenvalue weighted by Crippen LogP contribution is 2.21. The zero-order chi connectivity index (χ0) is 12.1. The van der Waals surface area contributed by atoms with Gasteiger partial charge in [-0.05, 0) is 17.7 Å². The second kappa shape index (κ2) is 5.41. The average Bonchev–Trinajstić information content (AvgIpc) is 2.38. The lowest BCUT2D eigenvalue weighted by Gasteiger charge is -2.02. The fraction of sp³-hybridized carbons (Fsp3) is 0.0833. The van der Waals surface area contributed by atoms with Crippen molar-refractivity contribution in [3.63, 3.8) is 0 Å². The van der Waals surface area contributed by atoms with Crippen molar-refractivity contribution in [3.8, 4) is 6.07 Å². The van der Waals surface area contributed by atoms with Crippen LogP contribution < -0.4 is 0 Å². The Kier molecular flexibility index (Phi) is 3.68. The number of halogens is 1. The molecule has 0 fully saturated rings. The van der Waals surface area contributed by atoms with E-state index in [4.69, 9.17) is 5.26 Å². The molecule has 0 radical (unpaired) electrons. The van der Waals surface area contributed by atoms with E-state index >= 15 is 0 Å². The Balaban J connectivity index is 2.08. The number of benzene rings is 1. The molecule has 0 unspecified atom stereocenters. The molecule has 2 rings (SSSR count). The Bertz CT molecular complexity index is 551. The SMILES string of the molecule is N#Cc1ccc(CSc2cnccn2)c(F)c1. The molecule has 0 aliphatic rings. The minimum Gasteiger partial charge on any atom is -0.260 e. The zero-order valence-electron chi connectivity index (χ0n) is 8.80. The quantitative estimate of drug-likeness (QED) is 0.780. The van der Waals surface area contributed by atoms with E-state index in [9.17, 15) is 4.39 Å². The smallest absolute Gasteiger partial charge is 0.128 e. The van der Waals surface area contributed by atoms with Crippen LogP contribution in [-0.4, -0.2) is 9.97 Å². The molecule has 0 aliphatic carbocycles. The first kappa shape index (κ1) is 11.6. The maximum atomic E-state index is 13.5. The monoisotopic (exact) mass is 245 g/mol. The van der Waals surface area contributed by atoms with Gasteiger partial charge < -0.3 is 0 Å². The summed E-state index contributed by atoms with van der Waals surface area (Å²) in [4.78, 5) is 8.01. The first-order chi connectivity index (χ1) is 8.29. The van der Waals surface area contributed by atoms with Crippen LogP contribution in [0.5, 0.6) is 0 Å². The highest BCUT2D eigenvalue weighted by atomic mass is 32.2. The maximum Gasteiger partial charge on any atom is 0.128 e. The van der Waals surface area contributed by atoms with Crippen LogP contribution in [0.3, 0.4) is 0 Å². The van der Waals surface area contributed by atoms with Gasteiger partial charge in [0.15, 0.2) is 0 Å². The topological polar surface area (TPSA) is 49.6 Å². The van der Waals surface area contributed by atoms with Gasteiger partial charge in [-0.25, -0.2) is 9.37 Å². The lowest BCUT2D eigenvalue weighted by atomic mass is 10.1. The van der Waals surface area contributed by atoms with Crippen molar-refractivity contribution in [2.24, 2.45) is 0 Å². The van der Waals surface area contributed by atoms with Crippen molar-refractivity contribution in [2.45, 2.75) is 10.8 Å². The van der Waals surface area contributed by atoms with Crippen molar-refractivity contribution in [3.05, 3.63) is 53.7 Å². The van der Waals surface area contributed by atoms with E-state index < -0.39 is 0 Å². The first-order valence-electron chi connectivity index (χ1n) is 4.87. The summed E-state index contributed by atoms with van der Waals surface area (Å²) in [6.45, 7) is 0. The largest absolute Gasteiger partial charge is 0.260 e. The van der Waals surface area contributed by atoms with Crippen molar-refractivity contribution in [2.75, 3.05) is 0 Å². The first-order valence-corrected chi connectivity index (χ1v) is 5.85. The number of hydrogen-bond acceptors (Lipinski definition) is 4. The third kappa shape index (κ3) is 3.02. The van der Waals surface area contributed by atoms with E-state index in [1.807, 2.05) is 6.07 Å². The number of rotatable bonds is 3. The molecule has 0 spiro atoms. The van der Waals surface area contributed by atoms with Gasteiger partial charge in [0.05, 0.1) is 17.8 Å². The van der Waals surface area contributed by atoms with Gasteiger partial charge >= 0.3 is 0 Å². The van der Waals surface area contributed by atoms with E-state index in [-0.39, 0.29) is 5.82 Å². The molecule has 1 heterocycles. The summed E-state index contributed by atoms with van der Waals surface area (Å²) in [5, 5.41) is 9.37. The highest BCUT2D eigenvalue weighted by molar-refractivity contribution is 7.98. The lowest BCUT2D eigenvalue weighted by molar-refractivity contribution is 0.617. The molecule has 0 amide bonds. The van der Waals surface area contributed by atoms with Gasteiger partial charge in [0.2, 0.25) is 0 Å². The van der Waals surface area contributed by atoms with Crippen molar-refractivity contribution in [1.29, 1.82) is 5.26 Å². The van der Waals surface area contributed by atoms with Gasteiger partial charge in [0, 0.05) is 18.1 Å². The molecular formula is C12H8FN3S. The Hall–Kier alpha value is -1.93. The summed E-state index contributed by atoms with van der Waals surface area (Å²) in [5.41, 5.74) is 0.885. The number of nitrogens with zero attached hydrogens (tertiary/aromatic N) is 3. The molecule has 0 N–H and O–H groups in total. The Morgan fingerprint density at radius 1 is 1.35 bits per heavy atom. The molecule has 1 aromatic heterocycles. The van der Waals surface area contributed by atoms with E-state index in [0.717, 1.165) is 5.03 Å². The molecule has 3 nitrogen and oxygen atoms in total. The van der Waals surface area contributed by atoms with Crippen LogP contribution in [0, 0.1) is 17.1 Å². The third-order valence-electron chi connectivity index (χ3n) is 2.10. The van der Waals surface area contributed by atoms with Crippen LogP contribution in [0.4, 0.5) is 4.39 Å². The van der Waals surface area contributed by atoms with Crippen LogP contribution in [0.25, 0.3) is 0 Å². The summed E-state index contributed by atoms with van der Waals surface area (Å²) in [6.07, 6.45) is 4.82. The summed E-state index contributed by atoms with van der Waals surface area (Å²) < 4.78 is 13.5. The third-order valence-corrected chi connectivity index (χ3v) is 3.06. The molecule has 0 bridgehead atoms. The second-order valence-electron chi connectivity index (χ2n) is 3.25. The fourth-order valence-electron chi connectivity index (χ4n) is 1.25. The van der Waals surface area contributed by atoms with E-state index in [1.54, 1.807) is 30.7 Å². The van der Waals surface area contributed by atoms with Crippen LogP contribution >= 0.6 is 11.8 Å². The summed E-state index contributed by atoms with van der Waals surface area (Å²) >= 11 is 1.40. The van der Waals surface area contributed by atoms with Crippen molar-refractivity contribution < 1.29 is 4.39 Å². The van der Waals surface area contributed by atoms with Crippen LogP contribution in [0.2, 0.25) is 0 Å². The van der Waals surface area contributed by atoms with E-state index in [0.29, 0.717) is 16.9 Å². The van der Waals surface area contributed by atoms with Gasteiger partial charge in [-0.15, -0.1) is 0 Å². The molecule has 17 heavy (non-hydrogen) atoms. The number of nitriles is 1. The summed E-state index contributed by atoms with van der Waals surface area (Å²) in [6, 6.07) is 6.37. The Morgan fingerprint density at radius 3 is 2.88 bits per heavy atom. The van der Waals surface area contributed by atoms with Gasteiger partial charge in [0.25, 0.3) is 0 Å². The molecule has 0 saturated carbocycles. The highest BCUT2D eigenvalue weighted by Gasteiger charge is 2.04. The normalized spacial score (nSPS) is 9.88. The van der Waals surface area contributed by atoms with Crippen LogP contribution in [0.15, 0.2) is 41.8 Å². The number of aromatic nitrogens is 2.